The van der Waals surface area contributed by atoms with E-state index in [0.717, 1.165) is 18.1 Å². The lowest BCUT2D eigenvalue weighted by Crippen LogP contribution is -2.15. The van der Waals surface area contributed by atoms with Crippen LogP contribution in [0.1, 0.15) is 12.8 Å². The van der Waals surface area contributed by atoms with Crippen LogP contribution in [0.3, 0.4) is 0 Å². The van der Waals surface area contributed by atoms with Gasteiger partial charge < -0.3 is 0 Å². The molecule has 0 aliphatic heterocycles. The van der Waals surface area contributed by atoms with Gasteiger partial charge in [-0.2, -0.15) is 16.9 Å². The van der Waals surface area contributed by atoms with Gasteiger partial charge in [0.15, 0.2) is 10.6 Å². The summed E-state index contributed by atoms with van der Waals surface area (Å²) >= 11 is 7.24. The van der Waals surface area contributed by atoms with Crippen LogP contribution in [0.25, 0.3) is 11.5 Å². The molecule has 18 heavy (non-hydrogen) atoms. The summed E-state index contributed by atoms with van der Waals surface area (Å²) in [5.74, 6) is 0.834. The van der Waals surface area contributed by atoms with E-state index in [4.69, 9.17) is 12.2 Å². The first-order valence-corrected chi connectivity index (χ1v) is 7.49. The van der Waals surface area contributed by atoms with Crippen molar-refractivity contribution in [3.63, 3.8) is 0 Å². The highest BCUT2D eigenvalue weighted by Crippen LogP contribution is 2.48. The Bertz CT molecular complexity index is 598. The SMILES string of the molecule is CSC1(Cn2c(-c3ccccn3)n[nH]c2=S)CC1. The molecule has 0 aromatic carbocycles. The van der Waals surface area contributed by atoms with E-state index in [9.17, 15) is 0 Å². The Kier molecular flexibility index (Phi) is 2.99. The summed E-state index contributed by atoms with van der Waals surface area (Å²) in [6, 6.07) is 5.82. The molecule has 1 aliphatic carbocycles. The first-order chi connectivity index (χ1) is 8.74. The van der Waals surface area contributed by atoms with Crippen molar-refractivity contribution in [2.45, 2.75) is 24.1 Å². The van der Waals surface area contributed by atoms with Gasteiger partial charge in [-0.1, -0.05) is 6.07 Å². The molecule has 4 nitrogen and oxygen atoms in total. The fraction of sp³-hybridized carbons (Fsp3) is 0.417. The average molecular weight is 278 g/mol. The van der Waals surface area contributed by atoms with Crippen LogP contribution in [0.2, 0.25) is 0 Å². The summed E-state index contributed by atoms with van der Waals surface area (Å²) in [5, 5.41) is 7.18. The molecule has 0 saturated heterocycles. The molecule has 1 fully saturated rings. The van der Waals surface area contributed by atoms with Gasteiger partial charge in [0, 0.05) is 17.5 Å². The molecule has 2 aromatic rings. The molecule has 2 aromatic heterocycles. The van der Waals surface area contributed by atoms with E-state index in [1.165, 1.54) is 12.8 Å². The summed E-state index contributed by atoms with van der Waals surface area (Å²) < 4.78 is 3.10. The van der Waals surface area contributed by atoms with Crippen molar-refractivity contribution in [1.82, 2.24) is 19.7 Å². The average Bonchev–Trinajstić information content (AvgIpc) is 3.10. The number of nitrogens with one attached hydrogen (secondary N) is 1. The minimum absolute atomic E-state index is 0.353. The van der Waals surface area contributed by atoms with Crippen LogP contribution in [0.4, 0.5) is 0 Å². The molecule has 0 unspecified atom stereocenters. The Labute approximate surface area is 115 Å². The zero-order valence-electron chi connectivity index (χ0n) is 10.1. The summed E-state index contributed by atoms with van der Waals surface area (Å²) in [5.41, 5.74) is 0.863. The van der Waals surface area contributed by atoms with Gasteiger partial charge >= 0.3 is 0 Å². The van der Waals surface area contributed by atoms with Crippen molar-refractivity contribution in [1.29, 1.82) is 0 Å². The molecular formula is C12H14N4S2. The third kappa shape index (κ3) is 2.10. The molecule has 1 aliphatic rings. The molecule has 0 atom stereocenters. The lowest BCUT2D eigenvalue weighted by molar-refractivity contribution is 0.656. The summed E-state index contributed by atoms with van der Waals surface area (Å²) in [7, 11) is 0. The van der Waals surface area contributed by atoms with Crippen LogP contribution in [0, 0.1) is 4.77 Å². The van der Waals surface area contributed by atoms with Crippen LogP contribution in [0.15, 0.2) is 24.4 Å². The van der Waals surface area contributed by atoms with Gasteiger partial charge in [-0.05, 0) is 43.4 Å². The van der Waals surface area contributed by atoms with Gasteiger partial charge in [-0.3, -0.25) is 14.6 Å². The Morgan fingerprint density at radius 1 is 1.50 bits per heavy atom. The topological polar surface area (TPSA) is 46.5 Å². The van der Waals surface area contributed by atoms with E-state index in [1.54, 1.807) is 6.20 Å². The summed E-state index contributed by atoms with van der Waals surface area (Å²) in [6.45, 7) is 0.912. The second kappa shape index (κ2) is 4.51. The Morgan fingerprint density at radius 2 is 2.33 bits per heavy atom. The molecular weight excluding hydrogens is 264 g/mol. The van der Waals surface area contributed by atoms with Crippen molar-refractivity contribution < 1.29 is 0 Å². The molecule has 1 saturated carbocycles. The molecule has 0 spiro atoms. The standard InChI is InChI=1S/C12H14N4S2/c1-18-12(5-6-12)8-16-10(14-15-11(16)17)9-4-2-3-7-13-9/h2-4,7H,5-6,8H2,1H3,(H,15,17). The van der Waals surface area contributed by atoms with E-state index >= 15 is 0 Å². The molecule has 94 valence electrons. The van der Waals surface area contributed by atoms with E-state index < -0.39 is 0 Å². The van der Waals surface area contributed by atoms with Crippen LogP contribution in [-0.2, 0) is 6.54 Å². The lowest BCUT2D eigenvalue weighted by atomic mass is 10.3. The van der Waals surface area contributed by atoms with Crippen molar-refractivity contribution >= 4 is 24.0 Å². The highest BCUT2D eigenvalue weighted by molar-refractivity contribution is 8.00. The maximum absolute atomic E-state index is 5.32. The number of rotatable bonds is 4. The van der Waals surface area contributed by atoms with E-state index in [2.05, 4.69) is 26.0 Å². The molecule has 0 radical (unpaired) electrons. The highest BCUT2D eigenvalue weighted by atomic mass is 32.2. The van der Waals surface area contributed by atoms with E-state index in [1.807, 2.05) is 30.0 Å². The minimum Gasteiger partial charge on any atom is -0.297 e. The Morgan fingerprint density at radius 3 is 2.94 bits per heavy atom. The predicted octanol–water partition coefficient (Wildman–Crippen LogP) is 2.90. The number of aromatic amines is 1. The zero-order chi connectivity index (χ0) is 12.6. The van der Waals surface area contributed by atoms with Gasteiger partial charge in [-0.25, -0.2) is 0 Å². The van der Waals surface area contributed by atoms with Gasteiger partial charge in [0.25, 0.3) is 0 Å². The van der Waals surface area contributed by atoms with Gasteiger partial charge in [0.1, 0.15) is 5.69 Å². The van der Waals surface area contributed by atoms with Crippen LogP contribution >= 0.6 is 24.0 Å². The van der Waals surface area contributed by atoms with Crippen molar-refractivity contribution in [2.75, 3.05) is 6.26 Å². The molecule has 2 heterocycles. The quantitative estimate of drug-likeness (QED) is 0.874. The smallest absolute Gasteiger partial charge is 0.195 e. The van der Waals surface area contributed by atoms with Gasteiger partial charge in [0.2, 0.25) is 0 Å². The second-order valence-corrected chi connectivity index (χ2v) is 6.20. The number of thioether (sulfide) groups is 1. The van der Waals surface area contributed by atoms with Crippen LogP contribution in [0.5, 0.6) is 0 Å². The van der Waals surface area contributed by atoms with Crippen molar-refractivity contribution in [3.05, 3.63) is 29.2 Å². The monoisotopic (exact) mass is 278 g/mol. The summed E-state index contributed by atoms with van der Waals surface area (Å²) in [6.07, 6.45) is 6.45. The normalized spacial score (nSPS) is 16.7. The first kappa shape index (κ1) is 11.9. The summed E-state index contributed by atoms with van der Waals surface area (Å²) in [4.78, 5) is 4.34. The first-order valence-electron chi connectivity index (χ1n) is 5.86. The third-order valence-corrected chi connectivity index (χ3v) is 5.05. The number of nitrogens with zero attached hydrogens (tertiary/aromatic N) is 3. The van der Waals surface area contributed by atoms with E-state index in [0.29, 0.717) is 9.52 Å². The van der Waals surface area contributed by atoms with Crippen LogP contribution < -0.4 is 0 Å². The van der Waals surface area contributed by atoms with Crippen molar-refractivity contribution in [2.24, 2.45) is 0 Å². The number of hydrogen-bond donors (Lipinski definition) is 1. The lowest BCUT2D eigenvalue weighted by Gasteiger charge is -2.14. The largest absolute Gasteiger partial charge is 0.297 e. The van der Waals surface area contributed by atoms with Crippen LogP contribution in [-0.4, -0.2) is 30.8 Å². The van der Waals surface area contributed by atoms with Gasteiger partial charge in [0.05, 0.1) is 0 Å². The second-order valence-electron chi connectivity index (χ2n) is 4.54. The van der Waals surface area contributed by atoms with Gasteiger partial charge in [-0.15, -0.1) is 0 Å². The third-order valence-electron chi connectivity index (χ3n) is 3.34. The zero-order valence-corrected chi connectivity index (χ0v) is 11.7. The molecule has 3 rings (SSSR count). The minimum atomic E-state index is 0.353. The molecule has 1 N–H and O–H groups in total. The van der Waals surface area contributed by atoms with E-state index in [-0.39, 0.29) is 0 Å². The molecule has 0 amide bonds. The maximum Gasteiger partial charge on any atom is 0.195 e. The Balaban J connectivity index is 2.00. The fourth-order valence-electron chi connectivity index (χ4n) is 2.01. The fourth-order valence-corrected chi connectivity index (χ4v) is 2.97. The maximum atomic E-state index is 5.32. The highest BCUT2D eigenvalue weighted by Gasteiger charge is 2.42. The Hall–Kier alpha value is -1.14. The molecule has 6 heteroatoms. The number of pyridine rings is 1. The predicted molar refractivity (Wildman–Crippen MR) is 76.1 cm³/mol. The molecule has 0 bridgehead atoms. The van der Waals surface area contributed by atoms with Crippen molar-refractivity contribution in [3.8, 4) is 11.5 Å². The number of aromatic nitrogens is 4. The number of hydrogen-bond acceptors (Lipinski definition) is 4. The number of H-pyrrole nitrogens is 1.